The van der Waals surface area contributed by atoms with E-state index in [0.29, 0.717) is 30.7 Å². The van der Waals surface area contributed by atoms with E-state index >= 15 is 0 Å². The Balaban J connectivity index is 1.94. The average molecular weight is 513 g/mol. The van der Waals surface area contributed by atoms with Crippen molar-refractivity contribution in [2.45, 2.75) is 6.18 Å². The molecule has 0 saturated carbocycles. The van der Waals surface area contributed by atoms with Crippen molar-refractivity contribution >= 4 is 69.9 Å². The maximum atomic E-state index is 13.4. The summed E-state index contributed by atoms with van der Waals surface area (Å²) in [6.45, 7) is 0.873. The highest BCUT2D eigenvalue weighted by Crippen LogP contribution is 2.38. The van der Waals surface area contributed by atoms with E-state index in [1.807, 2.05) is 0 Å². The van der Waals surface area contributed by atoms with Crippen LogP contribution in [0.5, 0.6) is 0 Å². The topological polar surface area (TPSA) is 61.4 Å². The molecule has 0 aliphatic carbocycles. The SMILES string of the molecule is O=C(Nc1cc(C(F)(F)F)c(Cl)cc1C(=O)N1CCSCC1)Nc1cccc(Cl)c1Cl. The van der Waals surface area contributed by atoms with Crippen LogP contribution in [0, 0.1) is 0 Å². The van der Waals surface area contributed by atoms with Crippen molar-refractivity contribution in [3.05, 3.63) is 56.5 Å². The molecule has 1 heterocycles. The van der Waals surface area contributed by atoms with Gasteiger partial charge in [-0.15, -0.1) is 0 Å². The highest BCUT2D eigenvalue weighted by atomic mass is 35.5. The van der Waals surface area contributed by atoms with Crippen LogP contribution in [0.25, 0.3) is 0 Å². The van der Waals surface area contributed by atoms with Gasteiger partial charge in [0.25, 0.3) is 5.91 Å². The number of rotatable bonds is 3. The molecule has 1 aliphatic heterocycles. The maximum Gasteiger partial charge on any atom is 0.417 e. The van der Waals surface area contributed by atoms with Crippen molar-refractivity contribution in [3.63, 3.8) is 0 Å². The fourth-order valence-corrected chi connectivity index (χ4v) is 4.41. The molecule has 3 amide bonds. The summed E-state index contributed by atoms with van der Waals surface area (Å²) in [5.41, 5.74) is -1.48. The lowest BCUT2D eigenvalue weighted by molar-refractivity contribution is -0.137. The van der Waals surface area contributed by atoms with Crippen LogP contribution in [0.1, 0.15) is 15.9 Å². The number of hydrogen-bond acceptors (Lipinski definition) is 3. The lowest BCUT2D eigenvalue weighted by atomic mass is 10.1. The standard InChI is InChI=1S/C19H15Cl3F3N3O2S/c20-12-2-1-3-14(16(12)22)26-18(30)27-15-9-11(19(23,24)25)13(21)8-10(15)17(29)28-4-6-31-7-5-28/h1-3,8-9H,4-7H2,(H2,26,27,30). The molecule has 2 aromatic carbocycles. The number of hydrogen-bond donors (Lipinski definition) is 2. The van der Waals surface area contributed by atoms with Crippen LogP contribution in [-0.4, -0.2) is 41.4 Å². The number of benzene rings is 2. The third-order valence-corrected chi connectivity index (χ3v) is 6.46. The molecule has 0 unspecified atom stereocenters. The normalized spacial score (nSPS) is 14.3. The van der Waals surface area contributed by atoms with Crippen molar-refractivity contribution in [1.29, 1.82) is 0 Å². The van der Waals surface area contributed by atoms with Gasteiger partial charge < -0.3 is 15.5 Å². The Bertz CT molecular complexity index is 1010. The monoisotopic (exact) mass is 511 g/mol. The number of carbonyl (C=O) groups is 2. The zero-order valence-electron chi connectivity index (χ0n) is 15.7. The van der Waals surface area contributed by atoms with E-state index in [1.54, 1.807) is 11.8 Å². The number of anilines is 2. The van der Waals surface area contributed by atoms with E-state index in [9.17, 15) is 22.8 Å². The Labute approximate surface area is 195 Å². The minimum atomic E-state index is -4.77. The van der Waals surface area contributed by atoms with Crippen molar-refractivity contribution < 1.29 is 22.8 Å². The zero-order chi connectivity index (χ0) is 22.8. The van der Waals surface area contributed by atoms with Crippen LogP contribution in [0.3, 0.4) is 0 Å². The van der Waals surface area contributed by atoms with Gasteiger partial charge in [-0.25, -0.2) is 4.79 Å². The molecule has 0 bridgehead atoms. The van der Waals surface area contributed by atoms with Crippen LogP contribution < -0.4 is 10.6 Å². The van der Waals surface area contributed by atoms with Crippen molar-refractivity contribution in [2.75, 3.05) is 35.2 Å². The van der Waals surface area contributed by atoms with Gasteiger partial charge >= 0.3 is 12.2 Å². The Morgan fingerprint density at radius 2 is 1.61 bits per heavy atom. The summed E-state index contributed by atoms with van der Waals surface area (Å²) in [6.07, 6.45) is -4.77. The first-order valence-corrected chi connectivity index (χ1v) is 11.2. The van der Waals surface area contributed by atoms with Gasteiger partial charge in [0.05, 0.1) is 37.6 Å². The second kappa shape index (κ2) is 9.77. The van der Waals surface area contributed by atoms with Gasteiger partial charge in [0.2, 0.25) is 0 Å². The van der Waals surface area contributed by atoms with Gasteiger partial charge in [-0.1, -0.05) is 40.9 Å². The van der Waals surface area contributed by atoms with Gasteiger partial charge in [-0.3, -0.25) is 4.79 Å². The van der Waals surface area contributed by atoms with Crippen LogP contribution in [0.2, 0.25) is 15.1 Å². The third-order valence-electron chi connectivity index (χ3n) is 4.39. The number of alkyl halides is 3. The highest BCUT2D eigenvalue weighted by Gasteiger charge is 2.35. The van der Waals surface area contributed by atoms with Crippen LogP contribution in [-0.2, 0) is 6.18 Å². The number of halogens is 6. The molecule has 166 valence electrons. The van der Waals surface area contributed by atoms with E-state index in [2.05, 4.69) is 10.6 Å². The molecule has 1 fully saturated rings. The van der Waals surface area contributed by atoms with Crippen LogP contribution in [0.15, 0.2) is 30.3 Å². The largest absolute Gasteiger partial charge is 0.417 e. The first kappa shape index (κ1) is 23.8. The average Bonchev–Trinajstić information content (AvgIpc) is 2.71. The van der Waals surface area contributed by atoms with Crippen LogP contribution in [0.4, 0.5) is 29.3 Å². The molecule has 12 heteroatoms. The van der Waals surface area contributed by atoms with E-state index in [4.69, 9.17) is 34.8 Å². The summed E-state index contributed by atoms with van der Waals surface area (Å²) in [6, 6.07) is 5.19. The van der Waals surface area contributed by atoms with E-state index < -0.39 is 28.7 Å². The second-order valence-corrected chi connectivity index (χ2v) is 8.88. The number of nitrogens with zero attached hydrogens (tertiary/aromatic N) is 1. The molecule has 31 heavy (non-hydrogen) atoms. The van der Waals surface area contributed by atoms with Crippen molar-refractivity contribution in [2.24, 2.45) is 0 Å². The minimum absolute atomic E-state index is 0.0634. The molecule has 1 aliphatic rings. The molecule has 5 nitrogen and oxygen atoms in total. The quantitative estimate of drug-likeness (QED) is 0.494. The molecular weight excluding hydrogens is 498 g/mol. The van der Waals surface area contributed by atoms with Gasteiger partial charge in [-0.2, -0.15) is 24.9 Å². The summed E-state index contributed by atoms with van der Waals surface area (Å²) < 4.78 is 40.1. The number of amides is 3. The smallest absolute Gasteiger partial charge is 0.337 e. The van der Waals surface area contributed by atoms with Crippen LogP contribution >= 0.6 is 46.6 Å². The van der Waals surface area contributed by atoms with Gasteiger partial charge in [0.1, 0.15) is 0 Å². The number of nitrogens with one attached hydrogen (secondary N) is 2. The Hall–Kier alpha value is -1.81. The van der Waals surface area contributed by atoms with Gasteiger partial charge in [-0.05, 0) is 24.3 Å². The molecule has 3 rings (SSSR count). The molecule has 0 atom stereocenters. The molecule has 0 spiro atoms. The molecule has 0 radical (unpaired) electrons. The zero-order valence-corrected chi connectivity index (χ0v) is 18.7. The summed E-state index contributed by atoms with van der Waals surface area (Å²) in [5.74, 6) is 0.889. The van der Waals surface area contributed by atoms with Crippen molar-refractivity contribution in [3.8, 4) is 0 Å². The molecule has 2 aromatic rings. The Morgan fingerprint density at radius 1 is 0.968 bits per heavy atom. The Kier molecular flexibility index (Phi) is 7.51. The number of carbonyl (C=O) groups excluding carboxylic acids is 2. The lowest BCUT2D eigenvalue weighted by Crippen LogP contribution is -2.38. The molecule has 1 saturated heterocycles. The predicted octanol–water partition coefficient (Wildman–Crippen LogP) is 6.50. The fraction of sp³-hybridized carbons (Fsp3) is 0.263. The van der Waals surface area contributed by atoms with Gasteiger partial charge in [0.15, 0.2) is 0 Å². The lowest BCUT2D eigenvalue weighted by Gasteiger charge is -2.27. The predicted molar refractivity (Wildman–Crippen MR) is 119 cm³/mol. The summed E-state index contributed by atoms with van der Waals surface area (Å²) >= 11 is 19.4. The van der Waals surface area contributed by atoms with E-state index in [0.717, 1.165) is 6.07 Å². The first-order valence-electron chi connectivity index (χ1n) is 8.87. The van der Waals surface area contributed by atoms with Crippen molar-refractivity contribution in [1.82, 2.24) is 4.90 Å². The number of thioether (sulfide) groups is 1. The first-order chi connectivity index (χ1) is 14.6. The van der Waals surface area contributed by atoms with Gasteiger partial charge in [0, 0.05) is 24.6 Å². The molecular formula is C19H15Cl3F3N3O2S. The van der Waals surface area contributed by atoms with E-state index in [1.165, 1.54) is 23.1 Å². The molecule has 2 N–H and O–H groups in total. The number of urea groups is 1. The highest BCUT2D eigenvalue weighted by molar-refractivity contribution is 7.99. The summed E-state index contributed by atoms with van der Waals surface area (Å²) in [7, 11) is 0. The third kappa shape index (κ3) is 5.71. The summed E-state index contributed by atoms with van der Waals surface area (Å²) in [4.78, 5) is 26.9. The fourth-order valence-electron chi connectivity index (χ4n) is 2.88. The second-order valence-electron chi connectivity index (χ2n) is 6.46. The summed E-state index contributed by atoms with van der Waals surface area (Å²) in [5, 5.41) is 4.33. The van der Waals surface area contributed by atoms with E-state index in [-0.39, 0.29) is 27.0 Å². The molecule has 0 aromatic heterocycles. The minimum Gasteiger partial charge on any atom is -0.337 e. The Morgan fingerprint density at radius 3 is 2.26 bits per heavy atom. The maximum absolute atomic E-state index is 13.4.